The summed E-state index contributed by atoms with van der Waals surface area (Å²) in [5.74, 6) is -1.11. The molecule has 0 spiro atoms. The summed E-state index contributed by atoms with van der Waals surface area (Å²) in [6, 6.07) is 5.33. The fourth-order valence-electron chi connectivity index (χ4n) is 3.44. The molecular weight excluding hydrogens is 374 g/mol. The van der Waals surface area contributed by atoms with Gasteiger partial charge in [0.1, 0.15) is 0 Å². The monoisotopic (exact) mass is 389 g/mol. The van der Waals surface area contributed by atoms with Crippen molar-refractivity contribution in [3.05, 3.63) is 35.4 Å². The molecule has 1 N–H and O–H groups in total. The largest absolute Gasteiger partial charge is 0.302 e. The lowest BCUT2D eigenvalue weighted by Gasteiger charge is -2.14. The van der Waals surface area contributed by atoms with Gasteiger partial charge in [-0.25, -0.2) is 4.98 Å². The minimum absolute atomic E-state index is 0.0566. The molecule has 6 nitrogen and oxygen atoms in total. The van der Waals surface area contributed by atoms with E-state index in [0.29, 0.717) is 23.0 Å². The number of aromatic nitrogens is 1. The summed E-state index contributed by atoms with van der Waals surface area (Å²) in [5, 5.41) is 3.82. The van der Waals surface area contributed by atoms with Crippen LogP contribution in [0.4, 0.5) is 5.13 Å². The molecule has 1 aromatic carbocycles. The second kappa shape index (κ2) is 6.81. The predicted molar refractivity (Wildman–Crippen MR) is 100.0 cm³/mol. The van der Waals surface area contributed by atoms with E-state index in [9.17, 15) is 14.4 Å². The lowest BCUT2D eigenvalue weighted by atomic mass is 9.85. The second-order valence-electron chi connectivity index (χ2n) is 6.41. The fraction of sp³-hybridized carbons (Fsp3) is 0.333. The van der Waals surface area contributed by atoms with Crippen molar-refractivity contribution in [2.24, 2.45) is 11.8 Å². The molecule has 0 radical (unpaired) electrons. The van der Waals surface area contributed by atoms with Gasteiger partial charge in [-0.1, -0.05) is 35.1 Å². The maximum absolute atomic E-state index is 12.4. The van der Waals surface area contributed by atoms with Gasteiger partial charge in [0.25, 0.3) is 0 Å². The first-order chi connectivity index (χ1) is 12.5. The van der Waals surface area contributed by atoms with Gasteiger partial charge in [-0.05, 0) is 31.0 Å². The second-order valence-corrected chi connectivity index (χ2v) is 7.88. The molecule has 2 heterocycles. The minimum atomic E-state index is -0.274. The number of anilines is 1. The van der Waals surface area contributed by atoms with E-state index in [1.165, 1.54) is 16.2 Å². The zero-order valence-electron chi connectivity index (χ0n) is 13.8. The molecule has 1 aromatic heterocycles. The molecule has 134 valence electrons. The number of allylic oxidation sites excluding steroid dienone is 2. The van der Waals surface area contributed by atoms with Crippen molar-refractivity contribution in [1.82, 2.24) is 9.88 Å². The number of carbonyl (C=O) groups excluding carboxylic acids is 3. The molecular formula is C18H16ClN3O3S. The van der Waals surface area contributed by atoms with Crippen molar-refractivity contribution in [2.45, 2.75) is 19.3 Å². The Morgan fingerprint density at radius 3 is 2.62 bits per heavy atom. The molecule has 1 aliphatic heterocycles. The highest BCUT2D eigenvalue weighted by Crippen LogP contribution is 2.35. The molecule has 1 aliphatic carbocycles. The quantitative estimate of drug-likeness (QED) is 0.643. The topological polar surface area (TPSA) is 79.4 Å². The van der Waals surface area contributed by atoms with Crippen molar-refractivity contribution in [2.75, 3.05) is 11.9 Å². The van der Waals surface area contributed by atoms with Crippen LogP contribution in [0.2, 0.25) is 5.02 Å². The van der Waals surface area contributed by atoms with Crippen molar-refractivity contribution in [3.8, 4) is 0 Å². The highest BCUT2D eigenvalue weighted by atomic mass is 35.5. The number of hydrogen-bond donors (Lipinski definition) is 1. The third kappa shape index (κ3) is 3.12. The number of hydrogen-bond acceptors (Lipinski definition) is 5. The van der Waals surface area contributed by atoms with Gasteiger partial charge in [0.2, 0.25) is 17.7 Å². The number of rotatable bonds is 4. The summed E-state index contributed by atoms with van der Waals surface area (Å²) in [6.45, 7) is 0.104. The molecule has 0 bridgehead atoms. The Bertz CT molecular complexity index is 913. The minimum Gasteiger partial charge on any atom is -0.302 e. The predicted octanol–water partition coefficient (Wildman–Crippen LogP) is 3.23. The molecule has 26 heavy (non-hydrogen) atoms. The smallest absolute Gasteiger partial charge is 0.233 e. The van der Waals surface area contributed by atoms with Crippen LogP contribution >= 0.6 is 22.9 Å². The molecule has 2 aromatic rings. The lowest BCUT2D eigenvalue weighted by Crippen LogP contribution is -2.34. The van der Waals surface area contributed by atoms with E-state index in [1.807, 2.05) is 12.2 Å². The number of amides is 3. The average Bonchev–Trinajstić information content (AvgIpc) is 3.12. The number of thiazole rings is 1. The van der Waals surface area contributed by atoms with Crippen molar-refractivity contribution >= 4 is 56.0 Å². The molecule has 2 atom stereocenters. The van der Waals surface area contributed by atoms with Crippen molar-refractivity contribution in [3.63, 3.8) is 0 Å². The average molecular weight is 390 g/mol. The first-order valence-corrected chi connectivity index (χ1v) is 9.58. The molecule has 1 fully saturated rings. The Kier molecular flexibility index (Phi) is 4.50. The zero-order chi connectivity index (χ0) is 18.3. The highest BCUT2D eigenvalue weighted by molar-refractivity contribution is 7.22. The highest BCUT2D eigenvalue weighted by Gasteiger charge is 2.46. The summed E-state index contributed by atoms with van der Waals surface area (Å²) < 4.78 is 0.884. The number of likely N-dealkylation sites (tertiary alicyclic amines) is 1. The van der Waals surface area contributed by atoms with Gasteiger partial charge in [-0.2, -0.15) is 0 Å². The van der Waals surface area contributed by atoms with Crippen LogP contribution in [0.15, 0.2) is 30.4 Å². The first kappa shape index (κ1) is 17.2. The third-order valence-electron chi connectivity index (χ3n) is 4.76. The number of nitrogens with zero attached hydrogens (tertiary/aromatic N) is 2. The lowest BCUT2D eigenvalue weighted by molar-refractivity contribution is -0.140. The molecule has 0 saturated carbocycles. The number of nitrogens with one attached hydrogen (secondary N) is 1. The summed E-state index contributed by atoms with van der Waals surface area (Å²) in [7, 11) is 0. The Hall–Kier alpha value is -2.25. The van der Waals surface area contributed by atoms with Crippen LogP contribution < -0.4 is 5.32 Å². The Morgan fingerprint density at radius 2 is 1.92 bits per heavy atom. The van der Waals surface area contributed by atoms with Gasteiger partial charge < -0.3 is 5.32 Å². The van der Waals surface area contributed by atoms with E-state index in [1.54, 1.807) is 18.2 Å². The van der Waals surface area contributed by atoms with Crippen molar-refractivity contribution < 1.29 is 14.4 Å². The van der Waals surface area contributed by atoms with Gasteiger partial charge in [0, 0.05) is 18.0 Å². The van der Waals surface area contributed by atoms with Crippen LogP contribution in [0.3, 0.4) is 0 Å². The Balaban J connectivity index is 1.37. The van der Waals surface area contributed by atoms with Crippen LogP contribution in [0.5, 0.6) is 0 Å². The number of benzene rings is 1. The molecule has 1 saturated heterocycles. The Labute approximate surface area is 158 Å². The molecule has 2 aliphatic rings. The van der Waals surface area contributed by atoms with Gasteiger partial charge in [0.15, 0.2) is 5.13 Å². The van der Waals surface area contributed by atoms with E-state index < -0.39 is 0 Å². The zero-order valence-corrected chi connectivity index (χ0v) is 15.3. The van der Waals surface area contributed by atoms with Crippen LogP contribution in [0.1, 0.15) is 19.3 Å². The fourth-order valence-corrected chi connectivity index (χ4v) is 4.59. The molecule has 8 heteroatoms. The van der Waals surface area contributed by atoms with Crippen LogP contribution in [-0.4, -0.2) is 34.2 Å². The normalized spacial score (nSPS) is 22.1. The van der Waals surface area contributed by atoms with E-state index in [2.05, 4.69) is 10.3 Å². The maximum atomic E-state index is 12.4. The van der Waals surface area contributed by atoms with E-state index in [-0.39, 0.29) is 42.5 Å². The molecule has 4 rings (SSSR count). The third-order valence-corrected chi connectivity index (χ3v) is 5.93. The Morgan fingerprint density at radius 1 is 1.23 bits per heavy atom. The van der Waals surface area contributed by atoms with Gasteiger partial charge in [0.05, 0.1) is 22.1 Å². The van der Waals surface area contributed by atoms with Gasteiger partial charge in [-0.3, -0.25) is 19.3 Å². The number of fused-ring (bicyclic) bond motifs is 2. The van der Waals surface area contributed by atoms with E-state index in [4.69, 9.17) is 11.6 Å². The van der Waals surface area contributed by atoms with Crippen LogP contribution in [0.25, 0.3) is 10.2 Å². The first-order valence-electron chi connectivity index (χ1n) is 8.39. The van der Waals surface area contributed by atoms with E-state index in [0.717, 1.165) is 10.2 Å². The number of carbonyl (C=O) groups is 3. The summed E-state index contributed by atoms with van der Waals surface area (Å²) >= 11 is 7.29. The summed E-state index contributed by atoms with van der Waals surface area (Å²) in [6.07, 6.45) is 5.16. The molecule has 0 unspecified atom stereocenters. The number of imide groups is 1. The van der Waals surface area contributed by atoms with Gasteiger partial charge >= 0.3 is 0 Å². The summed E-state index contributed by atoms with van der Waals surface area (Å²) in [4.78, 5) is 42.6. The standard InChI is InChI=1S/C18H16ClN3O3S/c19-10-5-6-13-14(9-10)26-18(20-13)21-15(23)7-8-22-16(24)11-3-1-2-4-12(11)17(22)25/h1-2,5-6,9,11-12H,3-4,7-8H2,(H,20,21,23)/t11-,12-/m1/s1. The number of halogens is 1. The summed E-state index contributed by atoms with van der Waals surface area (Å²) in [5.41, 5.74) is 0.760. The SMILES string of the molecule is O=C(CCN1C(=O)[C@@H]2CC=CC[C@H]2C1=O)Nc1nc2ccc(Cl)cc2s1. The van der Waals surface area contributed by atoms with Crippen molar-refractivity contribution in [1.29, 1.82) is 0 Å². The van der Waals surface area contributed by atoms with Crippen LogP contribution in [0, 0.1) is 11.8 Å². The maximum Gasteiger partial charge on any atom is 0.233 e. The molecule has 3 amide bonds. The van der Waals surface area contributed by atoms with E-state index >= 15 is 0 Å². The van der Waals surface area contributed by atoms with Crippen LogP contribution in [-0.2, 0) is 14.4 Å². The van der Waals surface area contributed by atoms with Gasteiger partial charge in [-0.15, -0.1) is 0 Å².